The second-order valence-electron chi connectivity index (χ2n) is 5.96. The molecule has 2 heterocycles. The first kappa shape index (κ1) is 15.5. The lowest BCUT2D eigenvalue weighted by Crippen LogP contribution is -2.40. The number of carbonyl (C=O) groups excluding carboxylic acids is 1. The van der Waals surface area contributed by atoms with E-state index in [-0.39, 0.29) is 23.8 Å². The molecule has 1 aliphatic rings. The van der Waals surface area contributed by atoms with Crippen molar-refractivity contribution in [1.82, 2.24) is 25.0 Å². The van der Waals surface area contributed by atoms with Crippen LogP contribution in [-0.2, 0) is 7.05 Å². The van der Waals surface area contributed by atoms with Gasteiger partial charge in [0.05, 0.1) is 6.04 Å². The molecule has 0 spiro atoms. The van der Waals surface area contributed by atoms with E-state index in [0.29, 0.717) is 18.9 Å². The highest BCUT2D eigenvalue weighted by atomic mass is 19.1. The number of amides is 2. The maximum Gasteiger partial charge on any atom is 0.317 e. The van der Waals surface area contributed by atoms with E-state index < -0.39 is 0 Å². The third kappa shape index (κ3) is 3.33. The Hall–Kier alpha value is -2.44. The van der Waals surface area contributed by atoms with E-state index in [2.05, 4.69) is 15.5 Å². The fourth-order valence-corrected chi connectivity index (χ4v) is 3.00. The lowest BCUT2D eigenvalue weighted by molar-refractivity contribution is 0.204. The van der Waals surface area contributed by atoms with Gasteiger partial charge in [0.15, 0.2) is 5.82 Å². The van der Waals surface area contributed by atoms with Crippen LogP contribution >= 0.6 is 0 Å². The third-order valence-corrected chi connectivity index (χ3v) is 4.27. The SMILES string of the molecule is C[C@@H](NC(=O)N1CC[C@H](c2cccc(F)c2)C1)c1nncn1C. The Kier molecular flexibility index (Phi) is 4.27. The normalized spacial score (nSPS) is 18.9. The molecule has 122 valence electrons. The average molecular weight is 317 g/mol. The molecule has 0 unspecified atom stereocenters. The number of hydrogen-bond donors (Lipinski definition) is 1. The van der Waals surface area contributed by atoms with Gasteiger partial charge in [-0.25, -0.2) is 9.18 Å². The lowest BCUT2D eigenvalue weighted by atomic mass is 9.98. The van der Waals surface area contributed by atoms with Gasteiger partial charge < -0.3 is 14.8 Å². The number of nitrogens with zero attached hydrogens (tertiary/aromatic N) is 4. The number of urea groups is 1. The van der Waals surface area contributed by atoms with Crippen molar-refractivity contribution in [2.75, 3.05) is 13.1 Å². The molecule has 0 saturated carbocycles. The lowest BCUT2D eigenvalue weighted by Gasteiger charge is -2.20. The second-order valence-corrected chi connectivity index (χ2v) is 5.96. The molecule has 1 fully saturated rings. The topological polar surface area (TPSA) is 63.1 Å². The van der Waals surface area contributed by atoms with Gasteiger partial charge in [-0.2, -0.15) is 0 Å². The predicted molar refractivity (Wildman–Crippen MR) is 83.3 cm³/mol. The number of aryl methyl sites for hydroxylation is 1. The molecule has 1 aliphatic heterocycles. The minimum Gasteiger partial charge on any atom is -0.328 e. The van der Waals surface area contributed by atoms with E-state index in [1.807, 2.05) is 20.0 Å². The summed E-state index contributed by atoms with van der Waals surface area (Å²) in [7, 11) is 1.84. The molecular formula is C16H20FN5O. The monoisotopic (exact) mass is 317 g/mol. The van der Waals surface area contributed by atoms with Crippen LogP contribution < -0.4 is 5.32 Å². The van der Waals surface area contributed by atoms with Gasteiger partial charge in [-0.15, -0.1) is 10.2 Å². The molecule has 1 aromatic carbocycles. The van der Waals surface area contributed by atoms with Crippen molar-refractivity contribution >= 4 is 6.03 Å². The van der Waals surface area contributed by atoms with Gasteiger partial charge in [0.25, 0.3) is 0 Å². The molecule has 0 aliphatic carbocycles. The maximum atomic E-state index is 13.3. The fraction of sp³-hybridized carbons (Fsp3) is 0.438. The Bertz CT molecular complexity index is 701. The van der Waals surface area contributed by atoms with Crippen LogP contribution in [0.25, 0.3) is 0 Å². The van der Waals surface area contributed by atoms with E-state index in [1.165, 1.54) is 6.07 Å². The van der Waals surface area contributed by atoms with Crippen molar-refractivity contribution in [2.24, 2.45) is 7.05 Å². The molecule has 2 atom stereocenters. The third-order valence-electron chi connectivity index (χ3n) is 4.27. The molecule has 23 heavy (non-hydrogen) atoms. The van der Waals surface area contributed by atoms with Crippen LogP contribution in [0.15, 0.2) is 30.6 Å². The molecule has 7 heteroatoms. The Morgan fingerprint density at radius 3 is 3.00 bits per heavy atom. The van der Waals surface area contributed by atoms with Gasteiger partial charge in [-0.05, 0) is 31.0 Å². The van der Waals surface area contributed by atoms with Gasteiger partial charge in [0.1, 0.15) is 12.1 Å². The second kappa shape index (κ2) is 6.36. The average Bonchev–Trinajstić information content (AvgIpc) is 3.16. The van der Waals surface area contributed by atoms with Crippen molar-refractivity contribution in [3.05, 3.63) is 47.8 Å². The predicted octanol–water partition coefficient (Wildman–Crippen LogP) is 2.21. The highest BCUT2D eigenvalue weighted by Gasteiger charge is 2.28. The van der Waals surface area contributed by atoms with Crippen molar-refractivity contribution in [3.8, 4) is 0 Å². The van der Waals surface area contributed by atoms with Gasteiger partial charge in [-0.3, -0.25) is 0 Å². The van der Waals surface area contributed by atoms with Gasteiger partial charge in [0.2, 0.25) is 0 Å². The van der Waals surface area contributed by atoms with Crippen LogP contribution in [0.3, 0.4) is 0 Å². The largest absolute Gasteiger partial charge is 0.328 e. The molecule has 0 bridgehead atoms. The van der Waals surface area contributed by atoms with E-state index in [9.17, 15) is 9.18 Å². The number of likely N-dealkylation sites (tertiary alicyclic amines) is 1. The van der Waals surface area contributed by atoms with E-state index in [4.69, 9.17) is 0 Å². The Labute approximate surface area is 134 Å². The number of aromatic nitrogens is 3. The zero-order chi connectivity index (χ0) is 16.4. The smallest absolute Gasteiger partial charge is 0.317 e. The summed E-state index contributed by atoms with van der Waals surface area (Å²) >= 11 is 0. The number of nitrogens with one attached hydrogen (secondary N) is 1. The number of carbonyl (C=O) groups is 1. The summed E-state index contributed by atoms with van der Waals surface area (Å²) in [4.78, 5) is 14.2. The fourth-order valence-electron chi connectivity index (χ4n) is 3.00. The van der Waals surface area contributed by atoms with Crippen LogP contribution in [0, 0.1) is 5.82 Å². The number of benzene rings is 1. The minimum absolute atomic E-state index is 0.126. The molecule has 1 saturated heterocycles. The van der Waals surface area contributed by atoms with Crippen molar-refractivity contribution in [3.63, 3.8) is 0 Å². The zero-order valence-corrected chi connectivity index (χ0v) is 13.2. The van der Waals surface area contributed by atoms with Crippen LogP contribution in [0.4, 0.5) is 9.18 Å². The summed E-state index contributed by atoms with van der Waals surface area (Å²) in [5, 5.41) is 10.8. The summed E-state index contributed by atoms with van der Waals surface area (Å²) in [6.45, 7) is 3.14. The molecule has 6 nitrogen and oxygen atoms in total. The molecule has 1 aromatic heterocycles. The number of halogens is 1. The number of rotatable bonds is 3. The van der Waals surface area contributed by atoms with Crippen molar-refractivity contribution < 1.29 is 9.18 Å². The Morgan fingerprint density at radius 1 is 1.48 bits per heavy atom. The highest BCUT2D eigenvalue weighted by molar-refractivity contribution is 5.75. The number of hydrogen-bond acceptors (Lipinski definition) is 3. The van der Waals surface area contributed by atoms with Crippen LogP contribution in [0.2, 0.25) is 0 Å². The summed E-state index contributed by atoms with van der Waals surface area (Å²) in [6, 6.07) is 6.27. The van der Waals surface area contributed by atoms with Gasteiger partial charge in [0, 0.05) is 26.1 Å². The summed E-state index contributed by atoms with van der Waals surface area (Å²) in [5.41, 5.74) is 0.946. The molecule has 1 N–H and O–H groups in total. The summed E-state index contributed by atoms with van der Waals surface area (Å²) < 4.78 is 15.1. The minimum atomic E-state index is -0.235. The van der Waals surface area contributed by atoms with Crippen LogP contribution in [0.5, 0.6) is 0 Å². The first-order chi connectivity index (χ1) is 11.0. The van der Waals surface area contributed by atoms with Crippen LogP contribution in [-0.4, -0.2) is 38.8 Å². The maximum absolute atomic E-state index is 13.3. The van der Waals surface area contributed by atoms with Gasteiger partial charge >= 0.3 is 6.03 Å². The van der Waals surface area contributed by atoms with E-state index >= 15 is 0 Å². The Morgan fingerprint density at radius 2 is 2.30 bits per heavy atom. The molecule has 2 amide bonds. The Balaban J connectivity index is 1.60. The standard InChI is InChI=1S/C16H20FN5O/c1-11(15-20-18-10-21(15)2)19-16(23)22-7-6-13(9-22)12-4-3-5-14(17)8-12/h3-5,8,10-11,13H,6-7,9H2,1-2H3,(H,19,23)/t11-,13+/m1/s1. The quantitative estimate of drug-likeness (QED) is 0.944. The molecular weight excluding hydrogens is 297 g/mol. The summed E-state index contributed by atoms with van der Waals surface area (Å²) in [6.07, 6.45) is 2.45. The van der Waals surface area contributed by atoms with Crippen molar-refractivity contribution in [1.29, 1.82) is 0 Å². The first-order valence-electron chi connectivity index (χ1n) is 7.69. The molecule has 3 rings (SSSR count). The van der Waals surface area contributed by atoms with E-state index in [0.717, 1.165) is 12.0 Å². The molecule has 2 aromatic rings. The summed E-state index contributed by atoms with van der Waals surface area (Å²) in [5.74, 6) is 0.655. The van der Waals surface area contributed by atoms with Crippen LogP contribution in [0.1, 0.15) is 36.7 Å². The van der Waals surface area contributed by atoms with Crippen molar-refractivity contribution in [2.45, 2.75) is 25.3 Å². The van der Waals surface area contributed by atoms with E-state index in [1.54, 1.807) is 27.9 Å². The first-order valence-corrected chi connectivity index (χ1v) is 7.69. The van der Waals surface area contributed by atoms with Gasteiger partial charge in [-0.1, -0.05) is 12.1 Å². The molecule has 0 radical (unpaired) electrons. The highest BCUT2D eigenvalue weighted by Crippen LogP contribution is 2.27. The zero-order valence-electron chi connectivity index (χ0n) is 13.2.